The van der Waals surface area contributed by atoms with E-state index in [0.717, 1.165) is 0 Å². The Morgan fingerprint density at radius 2 is 1.26 bits per heavy atom. The fourth-order valence-corrected chi connectivity index (χ4v) is 6.77. The highest BCUT2D eigenvalue weighted by Gasteiger charge is 2.56. The van der Waals surface area contributed by atoms with Gasteiger partial charge in [-0.1, -0.05) is 84.9 Å². The van der Waals surface area contributed by atoms with Crippen LogP contribution in [0.25, 0.3) is 0 Å². The summed E-state index contributed by atoms with van der Waals surface area (Å²) < 4.78 is 45.6. The van der Waals surface area contributed by atoms with Gasteiger partial charge in [-0.25, -0.2) is 9.59 Å². The lowest BCUT2D eigenvalue weighted by Crippen LogP contribution is -2.55. The van der Waals surface area contributed by atoms with E-state index in [4.69, 9.17) is 32.8 Å². The highest BCUT2D eigenvalue weighted by Crippen LogP contribution is 2.42. The molecule has 260 valence electrons. The van der Waals surface area contributed by atoms with Crippen LogP contribution in [0.5, 0.6) is 0 Å². The molecule has 0 amide bonds. The average molecular weight is 671 g/mol. The van der Waals surface area contributed by atoms with Crippen molar-refractivity contribution in [2.24, 2.45) is 0 Å². The topological polar surface area (TPSA) is 98.8 Å². The molecule has 0 bridgehead atoms. The summed E-state index contributed by atoms with van der Waals surface area (Å²) >= 11 is 0. The molecule has 2 saturated heterocycles. The molecule has 5 atom stereocenters. The van der Waals surface area contributed by atoms with Crippen LogP contribution in [0.1, 0.15) is 94.9 Å². The Kier molecular flexibility index (Phi) is 12.1. The van der Waals surface area contributed by atoms with Crippen molar-refractivity contribution >= 4 is 20.3 Å². The summed E-state index contributed by atoms with van der Waals surface area (Å²) in [4.78, 5) is 27.6. The van der Waals surface area contributed by atoms with E-state index in [1.165, 1.54) is 0 Å². The molecule has 47 heavy (non-hydrogen) atoms. The van der Waals surface area contributed by atoms with Gasteiger partial charge < -0.3 is 32.8 Å². The van der Waals surface area contributed by atoms with E-state index < -0.39 is 62.4 Å². The third-order valence-electron chi connectivity index (χ3n) is 10.0. The van der Waals surface area contributed by atoms with Gasteiger partial charge >= 0.3 is 11.9 Å². The SMILES string of the molecule is CCC1(CC)OCC(C(OC(=O)c2ccccc2)C(OC(=O)c2ccccc2)C2OC(CC)(CC)OC2CO[Si](C)(C)C(C)(C)C)O1. The normalized spacial score (nSPS) is 23.6. The van der Waals surface area contributed by atoms with Gasteiger partial charge in [0.15, 0.2) is 32.1 Å². The first-order valence-corrected chi connectivity index (χ1v) is 20.0. The molecule has 0 spiro atoms. The van der Waals surface area contributed by atoms with Gasteiger partial charge in [-0.15, -0.1) is 0 Å². The van der Waals surface area contributed by atoms with Crippen LogP contribution in [-0.2, 0) is 32.8 Å². The zero-order valence-electron chi connectivity index (χ0n) is 29.6. The number of rotatable bonds is 14. The smallest absolute Gasteiger partial charge is 0.338 e. The highest BCUT2D eigenvalue weighted by atomic mass is 28.4. The minimum atomic E-state index is -2.21. The third-order valence-corrected chi connectivity index (χ3v) is 14.5. The second-order valence-corrected chi connectivity index (χ2v) is 18.8. The second kappa shape index (κ2) is 15.3. The van der Waals surface area contributed by atoms with E-state index in [2.05, 4.69) is 33.9 Å². The molecule has 2 aliphatic rings. The maximum atomic E-state index is 13.8. The van der Waals surface area contributed by atoms with Crippen molar-refractivity contribution in [1.29, 1.82) is 0 Å². The molecule has 2 aliphatic heterocycles. The lowest BCUT2D eigenvalue weighted by molar-refractivity contribution is -0.207. The van der Waals surface area contributed by atoms with Crippen LogP contribution in [0.2, 0.25) is 18.1 Å². The maximum Gasteiger partial charge on any atom is 0.338 e. The summed E-state index contributed by atoms with van der Waals surface area (Å²) in [7, 11) is -2.21. The van der Waals surface area contributed by atoms with Crippen LogP contribution in [0.15, 0.2) is 60.7 Å². The van der Waals surface area contributed by atoms with Gasteiger partial charge in [0.05, 0.1) is 24.3 Å². The summed E-state index contributed by atoms with van der Waals surface area (Å²) in [6.07, 6.45) is -2.14. The molecule has 4 rings (SSSR count). The van der Waals surface area contributed by atoms with Crippen molar-refractivity contribution < 1.29 is 42.4 Å². The van der Waals surface area contributed by atoms with Crippen LogP contribution in [0.4, 0.5) is 0 Å². The molecule has 5 unspecified atom stereocenters. The molecule has 2 aromatic rings. The number of esters is 2. The van der Waals surface area contributed by atoms with Crippen molar-refractivity contribution in [2.75, 3.05) is 13.2 Å². The molecule has 9 nitrogen and oxygen atoms in total. The Labute approximate surface area is 281 Å². The van der Waals surface area contributed by atoms with Crippen molar-refractivity contribution in [3.05, 3.63) is 71.8 Å². The van der Waals surface area contributed by atoms with E-state index in [1.54, 1.807) is 48.5 Å². The van der Waals surface area contributed by atoms with Gasteiger partial charge in [0, 0.05) is 0 Å². The fourth-order valence-electron chi connectivity index (χ4n) is 5.76. The molecule has 2 aromatic carbocycles. The lowest BCUT2D eigenvalue weighted by atomic mass is 9.98. The Morgan fingerprint density at radius 3 is 1.70 bits per heavy atom. The van der Waals surface area contributed by atoms with Gasteiger partial charge in [0.2, 0.25) is 0 Å². The first-order chi connectivity index (χ1) is 22.2. The highest BCUT2D eigenvalue weighted by molar-refractivity contribution is 6.74. The van der Waals surface area contributed by atoms with E-state index in [9.17, 15) is 9.59 Å². The first kappa shape index (κ1) is 37.2. The van der Waals surface area contributed by atoms with Gasteiger partial charge in [0.25, 0.3) is 0 Å². The van der Waals surface area contributed by atoms with E-state index in [1.807, 2.05) is 39.8 Å². The number of hydrogen-bond acceptors (Lipinski definition) is 9. The van der Waals surface area contributed by atoms with Crippen molar-refractivity contribution in [3.63, 3.8) is 0 Å². The lowest BCUT2D eigenvalue weighted by Gasteiger charge is -2.38. The van der Waals surface area contributed by atoms with E-state index in [-0.39, 0.29) is 18.3 Å². The molecular weight excluding hydrogens is 616 g/mol. The summed E-state index contributed by atoms with van der Waals surface area (Å²) in [5, 5.41) is -0.0415. The molecule has 0 saturated carbocycles. The third kappa shape index (κ3) is 8.53. The van der Waals surface area contributed by atoms with Crippen LogP contribution in [0.3, 0.4) is 0 Å². The van der Waals surface area contributed by atoms with E-state index >= 15 is 0 Å². The van der Waals surface area contributed by atoms with Crippen LogP contribution >= 0.6 is 0 Å². The van der Waals surface area contributed by atoms with Gasteiger partial charge in [0.1, 0.15) is 18.3 Å². The number of hydrogen-bond donors (Lipinski definition) is 0. The van der Waals surface area contributed by atoms with Gasteiger partial charge in [-0.05, 0) is 68.1 Å². The number of carbonyl (C=O) groups is 2. The molecule has 0 N–H and O–H groups in total. The first-order valence-electron chi connectivity index (χ1n) is 17.1. The van der Waals surface area contributed by atoms with E-state index in [0.29, 0.717) is 36.8 Å². The van der Waals surface area contributed by atoms with Crippen molar-refractivity contribution in [3.8, 4) is 0 Å². The Morgan fingerprint density at radius 1 is 0.766 bits per heavy atom. The van der Waals surface area contributed by atoms with Crippen LogP contribution in [0, 0.1) is 0 Å². The Hall–Kier alpha value is -2.60. The molecular formula is C37H54O9Si. The minimum absolute atomic E-state index is 0.0415. The van der Waals surface area contributed by atoms with Crippen LogP contribution in [-0.4, -0.2) is 75.6 Å². The average Bonchev–Trinajstić information content (AvgIpc) is 3.68. The van der Waals surface area contributed by atoms with Crippen molar-refractivity contribution in [1.82, 2.24) is 0 Å². The summed E-state index contributed by atoms with van der Waals surface area (Å²) in [5.74, 6) is -2.95. The largest absolute Gasteiger partial charge is 0.452 e. The zero-order chi connectivity index (χ0) is 34.5. The summed E-state index contributed by atoms with van der Waals surface area (Å²) in [6.45, 7) is 19.2. The van der Waals surface area contributed by atoms with Gasteiger partial charge in [-0.2, -0.15) is 0 Å². The quantitative estimate of drug-likeness (QED) is 0.148. The fraction of sp³-hybridized carbons (Fsp3) is 0.622. The predicted molar refractivity (Wildman–Crippen MR) is 182 cm³/mol. The number of benzene rings is 2. The standard InChI is InChI=1S/C37H54O9Si/c1-10-36(11-2)40-24-28(44-36)30(42-33(38)26-20-16-14-17-21-26)32(43-34(39)27-22-18-15-19-23-27)31-29(45-37(12-3,13-4)46-31)25-41-47(8,9)35(5,6)7/h14-23,28-32H,10-13,24-25H2,1-9H3. The zero-order valence-corrected chi connectivity index (χ0v) is 30.6. The Balaban J connectivity index is 1.80. The molecule has 0 aliphatic carbocycles. The molecule has 2 fully saturated rings. The van der Waals surface area contributed by atoms with Crippen molar-refractivity contribution in [2.45, 2.75) is 134 Å². The van der Waals surface area contributed by atoms with Gasteiger partial charge in [-0.3, -0.25) is 0 Å². The molecule has 0 radical (unpaired) electrons. The summed E-state index contributed by atoms with van der Waals surface area (Å²) in [5.41, 5.74) is 0.718. The monoisotopic (exact) mass is 670 g/mol. The molecule has 10 heteroatoms. The second-order valence-electron chi connectivity index (χ2n) is 14.0. The molecule has 0 aromatic heterocycles. The number of ether oxygens (including phenoxy) is 6. The number of carbonyl (C=O) groups excluding carboxylic acids is 2. The maximum absolute atomic E-state index is 13.8. The predicted octanol–water partition coefficient (Wildman–Crippen LogP) is 7.69. The molecule has 2 heterocycles. The minimum Gasteiger partial charge on any atom is -0.452 e. The van der Waals surface area contributed by atoms with Crippen LogP contribution < -0.4 is 0 Å². The Bertz CT molecular complexity index is 1300. The summed E-state index contributed by atoms with van der Waals surface area (Å²) in [6, 6.07) is 17.5.